The number of nitrogens with zero attached hydrogens (tertiary/aromatic N) is 5. The average molecular weight is 506 g/mol. The second-order valence-corrected chi connectivity index (χ2v) is 11.9. The minimum absolute atomic E-state index is 0.0811. The van der Waals surface area contributed by atoms with Gasteiger partial charge in [0.05, 0.1) is 30.7 Å². The molecule has 2 N–H and O–H groups in total. The van der Waals surface area contributed by atoms with E-state index >= 15 is 0 Å². The van der Waals surface area contributed by atoms with E-state index in [1.54, 1.807) is 0 Å². The first-order valence-corrected chi connectivity index (χ1v) is 13.5. The Kier molecular flexibility index (Phi) is 6.20. The largest absolute Gasteiger partial charge is 0.380 e. The molecule has 0 saturated carbocycles. The molecule has 2 atom stereocenters. The van der Waals surface area contributed by atoms with Crippen LogP contribution >= 0.6 is 0 Å². The Morgan fingerprint density at radius 1 is 1.19 bits per heavy atom. The van der Waals surface area contributed by atoms with E-state index < -0.39 is 5.82 Å². The molecule has 2 aromatic rings. The summed E-state index contributed by atoms with van der Waals surface area (Å²) in [4.78, 5) is 13.5. The summed E-state index contributed by atoms with van der Waals surface area (Å²) in [5, 5.41) is 16.4. The highest BCUT2D eigenvalue weighted by molar-refractivity contribution is 5.68. The van der Waals surface area contributed by atoms with Crippen molar-refractivity contribution in [1.29, 1.82) is 5.26 Å². The number of benzene rings is 1. The normalized spacial score (nSPS) is 26.3. The summed E-state index contributed by atoms with van der Waals surface area (Å²) in [6.45, 7) is 9.29. The number of hydrogen-bond donors (Lipinski definition) is 2. The Bertz CT molecular complexity index is 1200. The molecule has 8 nitrogen and oxygen atoms in total. The number of rotatable bonds is 5. The van der Waals surface area contributed by atoms with Crippen molar-refractivity contribution in [2.24, 2.45) is 5.41 Å². The van der Waals surface area contributed by atoms with E-state index in [0.29, 0.717) is 28.7 Å². The summed E-state index contributed by atoms with van der Waals surface area (Å²) in [6, 6.07) is 8.79. The van der Waals surface area contributed by atoms with Crippen LogP contribution in [-0.4, -0.2) is 65.3 Å². The summed E-state index contributed by atoms with van der Waals surface area (Å²) in [5.41, 5.74) is 2.69. The first-order chi connectivity index (χ1) is 17.8. The lowest BCUT2D eigenvalue weighted by molar-refractivity contribution is -0.124. The van der Waals surface area contributed by atoms with Crippen LogP contribution in [0.25, 0.3) is 0 Å². The van der Waals surface area contributed by atoms with Crippen LogP contribution in [-0.2, 0) is 4.74 Å². The Balaban J connectivity index is 1.14. The van der Waals surface area contributed by atoms with Crippen molar-refractivity contribution < 1.29 is 9.13 Å². The van der Waals surface area contributed by atoms with E-state index in [2.05, 4.69) is 50.3 Å². The van der Waals surface area contributed by atoms with Gasteiger partial charge in [-0.15, -0.1) is 0 Å². The Hall–Kier alpha value is -2.96. The molecule has 1 unspecified atom stereocenters. The van der Waals surface area contributed by atoms with Gasteiger partial charge in [-0.2, -0.15) is 10.2 Å². The van der Waals surface area contributed by atoms with Crippen molar-refractivity contribution in [1.82, 2.24) is 14.9 Å². The van der Waals surface area contributed by atoms with Crippen molar-refractivity contribution >= 4 is 23.1 Å². The second-order valence-electron chi connectivity index (χ2n) is 11.9. The molecule has 6 rings (SSSR count). The van der Waals surface area contributed by atoms with Crippen molar-refractivity contribution in [3.05, 3.63) is 35.8 Å². The van der Waals surface area contributed by atoms with Crippen LogP contribution in [0.15, 0.2) is 24.4 Å². The van der Waals surface area contributed by atoms with Gasteiger partial charge in [0.1, 0.15) is 6.07 Å². The zero-order valence-corrected chi connectivity index (χ0v) is 21.8. The van der Waals surface area contributed by atoms with Gasteiger partial charge in [-0.25, -0.2) is 9.37 Å². The first-order valence-electron chi connectivity index (χ1n) is 13.5. The van der Waals surface area contributed by atoms with E-state index in [4.69, 9.17) is 4.74 Å². The third-order valence-corrected chi connectivity index (χ3v) is 8.90. The quantitative estimate of drug-likeness (QED) is 0.606. The average Bonchev–Trinajstić information content (AvgIpc) is 3.35. The molecular weight excluding hydrogens is 469 g/mol. The van der Waals surface area contributed by atoms with Gasteiger partial charge < -0.3 is 20.3 Å². The van der Waals surface area contributed by atoms with Gasteiger partial charge in [0.25, 0.3) is 0 Å². The van der Waals surface area contributed by atoms with Gasteiger partial charge >= 0.3 is 0 Å². The van der Waals surface area contributed by atoms with Crippen molar-refractivity contribution in [3.8, 4) is 6.07 Å². The Morgan fingerprint density at radius 3 is 2.73 bits per heavy atom. The third-order valence-electron chi connectivity index (χ3n) is 8.90. The topological polar surface area (TPSA) is 89.3 Å². The van der Waals surface area contributed by atoms with E-state index in [0.717, 1.165) is 64.2 Å². The van der Waals surface area contributed by atoms with Crippen LogP contribution < -0.4 is 15.5 Å². The minimum atomic E-state index is -0.454. The monoisotopic (exact) mass is 505 g/mol. The van der Waals surface area contributed by atoms with Crippen molar-refractivity contribution in [3.63, 3.8) is 0 Å². The number of ether oxygens (including phenoxy) is 1. The predicted octanol–water partition coefficient (Wildman–Crippen LogP) is 4.67. The molecule has 4 fully saturated rings. The molecule has 9 heteroatoms. The number of halogens is 1. The Labute approximate surface area is 218 Å². The van der Waals surface area contributed by atoms with E-state index in [1.807, 2.05) is 18.2 Å². The summed E-state index contributed by atoms with van der Waals surface area (Å²) in [7, 11) is 0. The number of piperidine rings is 2. The zero-order valence-electron chi connectivity index (χ0n) is 21.8. The maximum absolute atomic E-state index is 14.7. The molecule has 1 aromatic carbocycles. The molecular formula is C28H36FN7O. The summed E-state index contributed by atoms with van der Waals surface area (Å²) >= 11 is 0. The standard InChI is InChI=1S/C28H36FN7O/c1-27(2)14-21(13-22-4-3-9-36(22)27)32-25-23(29)16-31-26(34-25)33-20-5-6-24(19(12-20)15-30)35-10-7-28(8-11-35)17-37-18-28/h5-6,12,16,21-22H,3-4,7-11,13-14,17-18H2,1-2H3,(H2,31,32,33,34)/t21?,22-/m0/s1. The van der Waals surface area contributed by atoms with Crippen LogP contribution in [0, 0.1) is 22.6 Å². The molecule has 0 bridgehead atoms. The summed E-state index contributed by atoms with van der Waals surface area (Å²) in [5.74, 6) is 0.0806. The van der Waals surface area contributed by atoms with Crippen molar-refractivity contribution in [2.45, 2.75) is 70.0 Å². The highest BCUT2D eigenvalue weighted by Gasteiger charge is 2.43. The number of fused-ring (bicyclic) bond motifs is 1. The lowest BCUT2D eigenvalue weighted by Gasteiger charge is -2.48. The molecule has 4 aliphatic rings. The molecule has 0 amide bonds. The van der Waals surface area contributed by atoms with Crippen LogP contribution in [0.5, 0.6) is 0 Å². The van der Waals surface area contributed by atoms with Gasteiger partial charge in [-0.3, -0.25) is 4.90 Å². The van der Waals surface area contributed by atoms with Gasteiger partial charge in [-0.05, 0) is 77.1 Å². The SMILES string of the molecule is CC1(C)CC(Nc2nc(Nc3ccc(N4CCC5(CC4)COC5)c(C#N)c3)ncc2F)C[C@@H]2CCCN21. The molecule has 0 radical (unpaired) electrons. The molecule has 0 aliphatic carbocycles. The molecule has 5 heterocycles. The maximum Gasteiger partial charge on any atom is 0.229 e. The van der Waals surface area contributed by atoms with Gasteiger partial charge in [-0.1, -0.05) is 0 Å². The highest BCUT2D eigenvalue weighted by Crippen LogP contribution is 2.41. The highest BCUT2D eigenvalue weighted by atomic mass is 19.1. The van der Waals surface area contributed by atoms with Crippen LogP contribution in [0.1, 0.15) is 57.9 Å². The molecule has 37 heavy (non-hydrogen) atoms. The number of anilines is 4. The first kappa shape index (κ1) is 24.4. The number of hydrogen-bond acceptors (Lipinski definition) is 8. The smallest absolute Gasteiger partial charge is 0.229 e. The lowest BCUT2D eigenvalue weighted by atomic mass is 9.76. The van der Waals surface area contributed by atoms with Gasteiger partial charge in [0, 0.05) is 41.8 Å². The Morgan fingerprint density at radius 2 is 2.00 bits per heavy atom. The fraction of sp³-hybridized carbons (Fsp3) is 0.607. The number of aromatic nitrogens is 2. The molecule has 4 saturated heterocycles. The molecule has 4 aliphatic heterocycles. The van der Waals surface area contributed by atoms with E-state index in [1.165, 1.54) is 19.0 Å². The van der Waals surface area contributed by atoms with E-state index in [9.17, 15) is 9.65 Å². The lowest BCUT2D eigenvalue weighted by Crippen LogP contribution is -2.55. The van der Waals surface area contributed by atoms with Gasteiger partial charge in [0.2, 0.25) is 5.95 Å². The summed E-state index contributed by atoms with van der Waals surface area (Å²) < 4.78 is 20.1. The van der Waals surface area contributed by atoms with Crippen LogP contribution in [0.2, 0.25) is 0 Å². The van der Waals surface area contributed by atoms with Crippen LogP contribution in [0.3, 0.4) is 0 Å². The third kappa shape index (κ3) is 4.73. The minimum Gasteiger partial charge on any atom is -0.380 e. The second kappa shape index (κ2) is 9.41. The maximum atomic E-state index is 14.7. The number of nitrogens with one attached hydrogen (secondary N) is 2. The predicted molar refractivity (Wildman–Crippen MR) is 142 cm³/mol. The molecule has 1 spiro atoms. The fourth-order valence-electron chi connectivity index (χ4n) is 6.85. The summed E-state index contributed by atoms with van der Waals surface area (Å²) in [6.07, 6.45) is 7.75. The van der Waals surface area contributed by atoms with Crippen molar-refractivity contribution in [2.75, 3.05) is 48.4 Å². The molecule has 196 valence electrons. The zero-order chi connectivity index (χ0) is 25.6. The van der Waals surface area contributed by atoms with Gasteiger partial charge in [0.15, 0.2) is 11.6 Å². The van der Waals surface area contributed by atoms with Crippen LogP contribution in [0.4, 0.5) is 27.5 Å². The van der Waals surface area contributed by atoms with E-state index in [-0.39, 0.29) is 17.4 Å². The fourth-order valence-corrected chi connectivity index (χ4v) is 6.85. The molecule has 1 aromatic heterocycles. The number of nitriles is 1.